The molecule has 12 aromatic rings. The van der Waals surface area contributed by atoms with Crippen molar-refractivity contribution in [2.75, 3.05) is 0 Å². The van der Waals surface area contributed by atoms with Crippen molar-refractivity contribution in [3.05, 3.63) is 152 Å². The summed E-state index contributed by atoms with van der Waals surface area (Å²) in [5.74, 6) is 1.69. The molecule has 51 heavy (non-hydrogen) atoms. The molecule has 0 amide bonds. The van der Waals surface area contributed by atoms with Crippen LogP contribution in [0.4, 0.5) is 0 Å². The van der Waals surface area contributed by atoms with Gasteiger partial charge in [0.2, 0.25) is 11.6 Å². The molecule has 0 atom stereocenters. The summed E-state index contributed by atoms with van der Waals surface area (Å²) in [5.41, 5.74) is 6.71. The van der Waals surface area contributed by atoms with Crippen LogP contribution in [-0.2, 0) is 0 Å². The fourth-order valence-corrected chi connectivity index (χ4v) is 8.48. The number of aromatic nitrogens is 5. The van der Waals surface area contributed by atoms with Crippen LogP contribution in [0.2, 0.25) is 0 Å². The molecule has 0 spiro atoms. The lowest BCUT2D eigenvalue weighted by molar-refractivity contribution is 0.669. The first-order chi connectivity index (χ1) is 25.3. The summed E-state index contributed by atoms with van der Waals surface area (Å²) in [5, 5.41) is 11.1. The standard InChI is InChI=1S/C45H25N5O/c1-2-13-27-26(12-1)30-17-9-19-32-28-14-3-6-22-36(28)49(41(30)32)44-46-43(35-21-11-25-39-40(35)34-16-5-8-24-38(34)51-39)47-45(48-44)50-37-23-7-4-15-29(37)33-20-10-18-31(27)42(33)50/h1-25H. The van der Waals surface area contributed by atoms with E-state index >= 15 is 0 Å². The van der Waals surface area contributed by atoms with Crippen LogP contribution in [0.25, 0.3) is 110 Å². The van der Waals surface area contributed by atoms with Gasteiger partial charge in [-0.05, 0) is 35.0 Å². The number of nitrogens with zero attached hydrogens (tertiary/aromatic N) is 5. The summed E-state index contributed by atoms with van der Waals surface area (Å²) in [6.45, 7) is 0. The fourth-order valence-electron chi connectivity index (χ4n) is 8.48. The zero-order valence-corrected chi connectivity index (χ0v) is 27.1. The van der Waals surface area contributed by atoms with Crippen molar-refractivity contribution in [1.29, 1.82) is 0 Å². The summed E-state index contributed by atoms with van der Waals surface area (Å²) in [6.07, 6.45) is 0. The van der Waals surface area contributed by atoms with E-state index in [9.17, 15) is 0 Å². The van der Waals surface area contributed by atoms with Crippen LogP contribution in [0.3, 0.4) is 0 Å². The van der Waals surface area contributed by atoms with Crippen molar-refractivity contribution >= 4 is 98.7 Å². The number of furan rings is 1. The van der Waals surface area contributed by atoms with E-state index in [1.807, 2.05) is 30.3 Å². The second-order valence-electron chi connectivity index (χ2n) is 13.2. The highest BCUT2D eigenvalue weighted by molar-refractivity contribution is 6.24. The number of hydrogen-bond donors (Lipinski definition) is 0. The van der Waals surface area contributed by atoms with Gasteiger partial charge in [-0.1, -0.05) is 127 Å². The molecule has 5 aromatic heterocycles. The summed E-state index contributed by atoms with van der Waals surface area (Å²) >= 11 is 0. The van der Waals surface area contributed by atoms with Crippen LogP contribution in [0.1, 0.15) is 0 Å². The van der Waals surface area contributed by atoms with E-state index in [0.717, 1.165) is 92.7 Å². The van der Waals surface area contributed by atoms with Gasteiger partial charge in [0.15, 0.2) is 5.82 Å². The molecule has 0 saturated carbocycles. The van der Waals surface area contributed by atoms with Gasteiger partial charge < -0.3 is 4.42 Å². The molecule has 2 bridgehead atoms. The van der Waals surface area contributed by atoms with Crippen molar-refractivity contribution < 1.29 is 4.42 Å². The van der Waals surface area contributed by atoms with E-state index in [1.54, 1.807) is 0 Å². The molecular weight excluding hydrogens is 627 g/mol. The molecular formula is C45H25N5O. The molecule has 0 radical (unpaired) electrons. The van der Waals surface area contributed by atoms with Crippen molar-refractivity contribution in [2.45, 2.75) is 0 Å². The van der Waals surface area contributed by atoms with Crippen LogP contribution in [0.5, 0.6) is 0 Å². The molecule has 0 saturated heterocycles. The molecule has 0 N–H and O–H groups in total. The molecule has 6 heteroatoms. The number of fused-ring (bicyclic) bond motifs is 16. The van der Waals surface area contributed by atoms with E-state index in [0.29, 0.717) is 17.4 Å². The Morgan fingerprint density at radius 3 is 1.37 bits per heavy atom. The van der Waals surface area contributed by atoms with E-state index in [1.165, 1.54) is 0 Å². The fraction of sp³-hybridized carbons (Fsp3) is 0. The third-order valence-corrected chi connectivity index (χ3v) is 10.6. The molecule has 0 aliphatic rings. The van der Waals surface area contributed by atoms with E-state index < -0.39 is 0 Å². The molecule has 236 valence electrons. The first-order valence-corrected chi connectivity index (χ1v) is 17.1. The first-order valence-electron chi connectivity index (χ1n) is 17.1. The molecule has 12 rings (SSSR count). The maximum absolute atomic E-state index is 6.34. The second-order valence-corrected chi connectivity index (χ2v) is 13.2. The molecule has 6 nitrogen and oxygen atoms in total. The Balaban J connectivity index is 1.45. The Morgan fingerprint density at radius 2 is 0.784 bits per heavy atom. The van der Waals surface area contributed by atoms with Crippen LogP contribution >= 0.6 is 0 Å². The average Bonchev–Trinajstić information content (AvgIpc) is 3.85. The van der Waals surface area contributed by atoms with Crippen LogP contribution < -0.4 is 0 Å². The lowest BCUT2D eigenvalue weighted by Gasteiger charge is -2.06. The lowest BCUT2D eigenvalue weighted by atomic mass is 10.0. The normalized spacial score (nSPS) is 12.3. The van der Waals surface area contributed by atoms with Gasteiger partial charge in [-0.25, -0.2) is 0 Å². The highest BCUT2D eigenvalue weighted by atomic mass is 16.3. The molecule has 7 aromatic carbocycles. The number of para-hydroxylation sites is 5. The van der Waals surface area contributed by atoms with Gasteiger partial charge in [0.1, 0.15) is 11.2 Å². The highest BCUT2D eigenvalue weighted by Crippen LogP contribution is 2.40. The van der Waals surface area contributed by atoms with Crippen molar-refractivity contribution in [2.24, 2.45) is 0 Å². The highest BCUT2D eigenvalue weighted by Gasteiger charge is 2.20. The Bertz CT molecular complexity index is 3320. The Labute approximate surface area is 289 Å². The minimum absolute atomic E-state index is 0.557. The topological polar surface area (TPSA) is 60.6 Å². The largest absolute Gasteiger partial charge is 0.456 e. The van der Waals surface area contributed by atoms with E-state index in [-0.39, 0.29) is 0 Å². The average molecular weight is 652 g/mol. The smallest absolute Gasteiger partial charge is 0.240 e. The van der Waals surface area contributed by atoms with Gasteiger partial charge >= 0.3 is 0 Å². The van der Waals surface area contributed by atoms with Gasteiger partial charge in [-0.3, -0.25) is 8.80 Å². The Hall–Kier alpha value is -7.05. The SMILES string of the molecule is c1ccc2c(c1)oc1cccc(-c3nc4nc(n3)n3c5ccccc5c5cccc(c6ccccc6c6cccc7c8ccccc8n4c67)c53)c12. The van der Waals surface area contributed by atoms with Gasteiger partial charge in [-0.2, -0.15) is 15.0 Å². The predicted molar refractivity (Wildman–Crippen MR) is 208 cm³/mol. The quantitative estimate of drug-likeness (QED) is 0.177. The zero-order chi connectivity index (χ0) is 33.2. The van der Waals surface area contributed by atoms with Crippen LogP contribution in [-0.4, -0.2) is 23.8 Å². The maximum Gasteiger partial charge on any atom is 0.240 e. The second kappa shape index (κ2) is 9.77. The molecule has 0 aliphatic carbocycles. The third kappa shape index (κ3) is 3.52. The zero-order valence-electron chi connectivity index (χ0n) is 27.1. The summed E-state index contributed by atoms with van der Waals surface area (Å²) in [6, 6.07) is 53.3. The van der Waals surface area contributed by atoms with Gasteiger partial charge in [0.25, 0.3) is 0 Å². The van der Waals surface area contributed by atoms with Crippen LogP contribution in [0.15, 0.2) is 156 Å². The maximum atomic E-state index is 6.34. The Morgan fingerprint density at radius 1 is 0.353 bits per heavy atom. The number of rotatable bonds is 1. The predicted octanol–water partition coefficient (Wildman–Crippen LogP) is 11.4. The Kier molecular flexibility index (Phi) is 5.14. The van der Waals surface area contributed by atoms with Crippen molar-refractivity contribution in [3.8, 4) is 11.4 Å². The first kappa shape index (κ1) is 26.9. The monoisotopic (exact) mass is 651 g/mol. The minimum atomic E-state index is 0.557. The van der Waals surface area contributed by atoms with Crippen molar-refractivity contribution in [1.82, 2.24) is 23.8 Å². The van der Waals surface area contributed by atoms with Crippen molar-refractivity contribution in [3.63, 3.8) is 0 Å². The molecule has 0 unspecified atom stereocenters. The molecule has 5 heterocycles. The summed E-state index contributed by atoms with van der Waals surface area (Å²) < 4.78 is 10.8. The van der Waals surface area contributed by atoms with Gasteiger partial charge in [0.05, 0.1) is 22.1 Å². The molecule has 0 fully saturated rings. The summed E-state index contributed by atoms with van der Waals surface area (Å²) in [7, 11) is 0. The third-order valence-electron chi connectivity index (χ3n) is 10.6. The minimum Gasteiger partial charge on any atom is -0.456 e. The van der Waals surface area contributed by atoms with Crippen LogP contribution in [0, 0.1) is 0 Å². The summed E-state index contributed by atoms with van der Waals surface area (Å²) in [4.78, 5) is 16.2. The molecule has 0 aliphatic heterocycles. The lowest BCUT2D eigenvalue weighted by Crippen LogP contribution is -2.01. The van der Waals surface area contributed by atoms with Gasteiger partial charge in [-0.15, -0.1) is 0 Å². The van der Waals surface area contributed by atoms with E-state index in [2.05, 4.69) is 130 Å². The van der Waals surface area contributed by atoms with Gasteiger partial charge in [0, 0.05) is 48.7 Å². The van der Waals surface area contributed by atoms with E-state index in [4.69, 9.17) is 19.4 Å². The number of hydrogen-bond acceptors (Lipinski definition) is 4. The number of benzene rings is 7.